The van der Waals surface area contributed by atoms with Gasteiger partial charge in [0, 0.05) is 42.9 Å². The highest BCUT2D eigenvalue weighted by Crippen LogP contribution is 2.24. The van der Waals surface area contributed by atoms with E-state index < -0.39 is 0 Å². The molecule has 1 aromatic carbocycles. The Bertz CT molecular complexity index is 507. The quantitative estimate of drug-likeness (QED) is 0.796. The molecule has 1 aliphatic heterocycles. The van der Waals surface area contributed by atoms with E-state index in [2.05, 4.69) is 21.2 Å². The van der Waals surface area contributed by atoms with Gasteiger partial charge in [-0.05, 0) is 30.7 Å². The van der Waals surface area contributed by atoms with Gasteiger partial charge in [0.25, 0.3) is 0 Å². The van der Waals surface area contributed by atoms with Crippen LogP contribution in [0.5, 0.6) is 0 Å². The van der Waals surface area contributed by atoms with Crippen molar-refractivity contribution in [2.75, 3.05) is 23.3 Å². The topological polar surface area (TPSA) is 49.4 Å². The smallest absolute Gasteiger partial charge is 0.227 e. The number of carbonyl (C=O) groups is 2. The number of carbonyl (C=O) groups excluding carboxylic acids is 2. The first kappa shape index (κ1) is 15.9. The van der Waals surface area contributed by atoms with E-state index in [-0.39, 0.29) is 23.5 Å². The first-order chi connectivity index (χ1) is 10.1. The van der Waals surface area contributed by atoms with Crippen molar-refractivity contribution in [3.8, 4) is 0 Å². The number of nitrogens with one attached hydrogen (secondary N) is 1. The Labute approximate surface area is 131 Å². The third-order valence-corrected chi connectivity index (χ3v) is 4.03. The molecule has 1 N–H and O–H groups in total. The first-order valence-corrected chi connectivity index (χ1v) is 8.11. The van der Waals surface area contributed by atoms with Crippen LogP contribution in [0.25, 0.3) is 0 Å². The number of anilines is 1. The molecule has 21 heavy (non-hydrogen) atoms. The zero-order valence-corrected chi connectivity index (χ0v) is 13.2. The van der Waals surface area contributed by atoms with E-state index in [0.717, 1.165) is 11.8 Å². The van der Waals surface area contributed by atoms with Gasteiger partial charge in [-0.15, -0.1) is 0 Å². The van der Waals surface area contributed by atoms with Crippen molar-refractivity contribution in [2.45, 2.75) is 19.3 Å². The second-order valence-corrected chi connectivity index (χ2v) is 5.94. The molecule has 0 aromatic heterocycles. The number of halogens is 2. The van der Waals surface area contributed by atoms with Gasteiger partial charge in [-0.25, -0.2) is 4.39 Å². The van der Waals surface area contributed by atoms with Crippen molar-refractivity contribution in [2.24, 2.45) is 5.92 Å². The molecule has 4 nitrogen and oxygen atoms in total. The van der Waals surface area contributed by atoms with Crippen molar-refractivity contribution < 1.29 is 14.0 Å². The summed E-state index contributed by atoms with van der Waals surface area (Å²) in [6.07, 6.45) is 1.71. The molecule has 0 saturated carbocycles. The molecule has 1 atom stereocenters. The van der Waals surface area contributed by atoms with Gasteiger partial charge in [-0.3, -0.25) is 9.59 Å². The van der Waals surface area contributed by atoms with Crippen molar-refractivity contribution >= 4 is 33.4 Å². The number of amides is 2. The lowest BCUT2D eigenvalue weighted by Gasteiger charge is -2.17. The van der Waals surface area contributed by atoms with Gasteiger partial charge in [0.15, 0.2) is 0 Å². The summed E-state index contributed by atoms with van der Waals surface area (Å²) in [4.78, 5) is 25.2. The minimum Gasteiger partial charge on any atom is -0.356 e. The van der Waals surface area contributed by atoms with Gasteiger partial charge in [0.2, 0.25) is 11.8 Å². The van der Waals surface area contributed by atoms with E-state index in [1.807, 2.05) is 0 Å². The maximum Gasteiger partial charge on any atom is 0.227 e. The first-order valence-electron chi connectivity index (χ1n) is 6.98. The second kappa shape index (κ2) is 7.54. The summed E-state index contributed by atoms with van der Waals surface area (Å²) in [5.74, 6) is -0.181. The fourth-order valence-corrected chi connectivity index (χ4v) is 2.64. The van der Waals surface area contributed by atoms with E-state index in [1.165, 1.54) is 12.1 Å². The van der Waals surface area contributed by atoms with Crippen LogP contribution in [0.1, 0.15) is 19.3 Å². The molecule has 1 heterocycles. The number of alkyl halides is 1. The van der Waals surface area contributed by atoms with Gasteiger partial charge in [0.1, 0.15) is 5.82 Å². The SMILES string of the molecule is O=C(CCCBr)NCC1CC(=O)N(c2ccc(F)cc2)C1. The summed E-state index contributed by atoms with van der Waals surface area (Å²) >= 11 is 3.28. The average molecular weight is 357 g/mol. The molecule has 0 spiro atoms. The summed E-state index contributed by atoms with van der Waals surface area (Å²) in [5.41, 5.74) is 0.703. The van der Waals surface area contributed by atoms with Crippen LogP contribution in [0.3, 0.4) is 0 Å². The Morgan fingerprint density at radius 2 is 2.10 bits per heavy atom. The van der Waals surface area contributed by atoms with Crippen LogP contribution in [-0.4, -0.2) is 30.2 Å². The molecule has 0 aliphatic carbocycles. The van der Waals surface area contributed by atoms with E-state index in [0.29, 0.717) is 31.6 Å². The third kappa shape index (κ3) is 4.52. The molecule has 1 aliphatic rings. The predicted octanol–water partition coefficient (Wildman–Crippen LogP) is 2.47. The molecular formula is C15H18BrFN2O2. The minimum absolute atomic E-state index is 0.0151. The minimum atomic E-state index is -0.319. The number of hydrogen-bond acceptors (Lipinski definition) is 2. The molecule has 0 bridgehead atoms. The molecule has 114 valence electrons. The summed E-state index contributed by atoms with van der Waals surface area (Å²) in [5, 5.41) is 3.67. The fraction of sp³-hybridized carbons (Fsp3) is 0.467. The fourth-order valence-electron chi connectivity index (χ4n) is 2.36. The Morgan fingerprint density at radius 3 is 2.76 bits per heavy atom. The molecule has 1 saturated heterocycles. The Hall–Kier alpha value is -1.43. The van der Waals surface area contributed by atoms with Gasteiger partial charge in [-0.1, -0.05) is 15.9 Å². The molecule has 0 radical (unpaired) electrons. The maximum atomic E-state index is 12.9. The largest absolute Gasteiger partial charge is 0.356 e. The summed E-state index contributed by atoms with van der Waals surface area (Å²) in [7, 11) is 0. The number of hydrogen-bond donors (Lipinski definition) is 1. The van der Waals surface area contributed by atoms with Gasteiger partial charge >= 0.3 is 0 Å². The average Bonchev–Trinajstić information content (AvgIpc) is 2.85. The molecule has 2 rings (SSSR count). The lowest BCUT2D eigenvalue weighted by molar-refractivity contribution is -0.121. The van der Waals surface area contributed by atoms with Crippen LogP contribution in [0.4, 0.5) is 10.1 Å². The van der Waals surface area contributed by atoms with Crippen LogP contribution >= 0.6 is 15.9 Å². The molecule has 6 heteroatoms. The van der Waals surface area contributed by atoms with Crippen LogP contribution in [0.15, 0.2) is 24.3 Å². The highest BCUT2D eigenvalue weighted by Gasteiger charge is 2.30. The number of rotatable bonds is 6. The highest BCUT2D eigenvalue weighted by molar-refractivity contribution is 9.09. The van der Waals surface area contributed by atoms with Crippen molar-refractivity contribution in [3.63, 3.8) is 0 Å². The van der Waals surface area contributed by atoms with E-state index in [9.17, 15) is 14.0 Å². The monoisotopic (exact) mass is 356 g/mol. The lowest BCUT2D eigenvalue weighted by Crippen LogP contribution is -2.31. The van der Waals surface area contributed by atoms with Crippen molar-refractivity contribution in [1.82, 2.24) is 5.32 Å². The highest BCUT2D eigenvalue weighted by atomic mass is 79.9. The third-order valence-electron chi connectivity index (χ3n) is 3.47. The van der Waals surface area contributed by atoms with E-state index in [1.54, 1.807) is 17.0 Å². The molecule has 1 unspecified atom stereocenters. The van der Waals surface area contributed by atoms with Crippen molar-refractivity contribution in [1.29, 1.82) is 0 Å². The normalized spacial score (nSPS) is 18.1. The molecule has 2 amide bonds. The summed E-state index contributed by atoms with van der Waals surface area (Å²) in [6, 6.07) is 5.89. The van der Waals surface area contributed by atoms with Gasteiger partial charge in [0.05, 0.1) is 0 Å². The van der Waals surface area contributed by atoms with E-state index in [4.69, 9.17) is 0 Å². The number of nitrogens with zero attached hydrogens (tertiary/aromatic N) is 1. The van der Waals surface area contributed by atoms with Crippen molar-refractivity contribution in [3.05, 3.63) is 30.1 Å². The summed E-state index contributed by atoms with van der Waals surface area (Å²) in [6.45, 7) is 1.06. The van der Waals surface area contributed by atoms with Gasteiger partial charge < -0.3 is 10.2 Å². The zero-order valence-electron chi connectivity index (χ0n) is 11.6. The Balaban J connectivity index is 1.85. The Morgan fingerprint density at radius 1 is 1.38 bits per heavy atom. The maximum absolute atomic E-state index is 12.9. The Kier molecular flexibility index (Phi) is 5.73. The van der Waals surface area contributed by atoms with Crippen LogP contribution in [-0.2, 0) is 9.59 Å². The molecule has 1 aromatic rings. The zero-order chi connectivity index (χ0) is 15.2. The van der Waals surface area contributed by atoms with Crippen LogP contribution in [0.2, 0.25) is 0 Å². The second-order valence-electron chi connectivity index (χ2n) is 5.15. The summed E-state index contributed by atoms with van der Waals surface area (Å²) < 4.78 is 12.9. The standard InChI is InChI=1S/C15H18BrFN2O2/c16-7-1-2-14(20)18-9-11-8-15(21)19(10-11)13-5-3-12(17)4-6-13/h3-6,11H,1-2,7-10H2,(H,18,20). The predicted molar refractivity (Wildman–Crippen MR) is 82.9 cm³/mol. The molecule has 1 fully saturated rings. The van der Waals surface area contributed by atoms with Crippen LogP contribution in [0, 0.1) is 11.7 Å². The van der Waals surface area contributed by atoms with Crippen LogP contribution < -0.4 is 10.2 Å². The number of benzene rings is 1. The molecular weight excluding hydrogens is 339 g/mol. The lowest BCUT2D eigenvalue weighted by atomic mass is 10.1. The van der Waals surface area contributed by atoms with E-state index >= 15 is 0 Å². The van der Waals surface area contributed by atoms with Gasteiger partial charge in [-0.2, -0.15) is 0 Å².